The van der Waals surface area contributed by atoms with Crippen molar-refractivity contribution in [2.45, 2.75) is 19.8 Å². The monoisotopic (exact) mass is 271 g/mol. The van der Waals surface area contributed by atoms with Gasteiger partial charge in [-0.1, -0.05) is 0 Å². The summed E-state index contributed by atoms with van der Waals surface area (Å²) in [5, 5.41) is 2.94. The first-order chi connectivity index (χ1) is 9.04. The summed E-state index contributed by atoms with van der Waals surface area (Å²) in [6.45, 7) is 4.90. The van der Waals surface area contributed by atoms with E-state index in [4.69, 9.17) is 4.74 Å². The molecule has 6 heteroatoms. The Hall–Kier alpha value is -1.30. The number of nitrogens with one attached hydrogen (secondary N) is 1. The molecule has 1 N–H and O–H groups in total. The Bertz CT molecular complexity index is 300. The highest BCUT2D eigenvalue weighted by Gasteiger charge is 2.27. The van der Waals surface area contributed by atoms with Crippen LogP contribution in [0.3, 0.4) is 0 Å². The fraction of sp³-hybridized carbons (Fsp3) is 0.846. The first kappa shape index (κ1) is 15.8. The molecule has 0 bridgehead atoms. The van der Waals surface area contributed by atoms with E-state index in [9.17, 15) is 9.59 Å². The van der Waals surface area contributed by atoms with E-state index < -0.39 is 0 Å². The van der Waals surface area contributed by atoms with Crippen molar-refractivity contribution in [2.75, 3.05) is 46.9 Å². The maximum absolute atomic E-state index is 11.9. The van der Waals surface area contributed by atoms with Gasteiger partial charge in [0.05, 0.1) is 6.61 Å². The van der Waals surface area contributed by atoms with Crippen LogP contribution in [0.25, 0.3) is 0 Å². The summed E-state index contributed by atoms with van der Waals surface area (Å²) >= 11 is 0. The predicted molar refractivity (Wildman–Crippen MR) is 72.9 cm³/mol. The topological polar surface area (TPSA) is 61.9 Å². The molecule has 0 aromatic rings. The molecule has 0 radical (unpaired) electrons. The van der Waals surface area contributed by atoms with Crippen molar-refractivity contribution in [3.05, 3.63) is 0 Å². The van der Waals surface area contributed by atoms with Gasteiger partial charge in [0.2, 0.25) is 5.91 Å². The van der Waals surface area contributed by atoms with Crippen molar-refractivity contribution in [2.24, 2.45) is 5.92 Å². The number of piperidine rings is 1. The van der Waals surface area contributed by atoms with Gasteiger partial charge >= 0.3 is 6.09 Å². The molecule has 19 heavy (non-hydrogen) atoms. The molecule has 0 atom stereocenters. The quantitative estimate of drug-likeness (QED) is 0.792. The minimum Gasteiger partial charge on any atom is -0.450 e. The normalized spacial score (nSPS) is 16.5. The number of carbonyl (C=O) groups excluding carboxylic acids is 2. The highest BCUT2D eigenvalue weighted by Crippen LogP contribution is 2.17. The number of nitrogens with zero attached hydrogens (tertiary/aromatic N) is 2. The first-order valence-electron chi connectivity index (χ1n) is 6.88. The molecular weight excluding hydrogens is 246 g/mol. The number of likely N-dealkylation sites (N-methyl/N-ethyl adjacent to an activating group) is 1. The van der Waals surface area contributed by atoms with Crippen molar-refractivity contribution in [1.29, 1.82) is 0 Å². The highest BCUT2D eigenvalue weighted by atomic mass is 16.6. The van der Waals surface area contributed by atoms with Crippen LogP contribution in [0.5, 0.6) is 0 Å². The number of ether oxygens (including phenoxy) is 1. The third-order valence-electron chi connectivity index (χ3n) is 3.25. The number of hydrogen-bond donors (Lipinski definition) is 1. The largest absolute Gasteiger partial charge is 0.450 e. The summed E-state index contributed by atoms with van der Waals surface area (Å²) in [5.74, 6) is 0.123. The minimum absolute atomic E-state index is 0.0211. The summed E-state index contributed by atoms with van der Waals surface area (Å²) in [7, 11) is 3.95. The zero-order valence-corrected chi connectivity index (χ0v) is 12.1. The zero-order valence-electron chi connectivity index (χ0n) is 12.1. The number of rotatable bonds is 5. The van der Waals surface area contributed by atoms with Gasteiger partial charge in [0.1, 0.15) is 0 Å². The average Bonchev–Trinajstić information content (AvgIpc) is 2.38. The smallest absolute Gasteiger partial charge is 0.409 e. The average molecular weight is 271 g/mol. The van der Waals surface area contributed by atoms with Gasteiger partial charge in [0.25, 0.3) is 0 Å². The molecule has 0 saturated carbocycles. The maximum Gasteiger partial charge on any atom is 0.409 e. The van der Waals surface area contributed by atoms with E-state index in [-0.39, 0.29) is 17.9 Å². The van der Waals surface area contributed by atoms with Crippen molar-refractivity contribution in [1.82, 2.24) is 15.1 Å². The van der Waals surface area contributed by atoms with Crippen LogP contribution in [0.2, 0.25) is 0 Å². The molecule has 0 unspecified atom stereocenters. The summed E-state index contributed by atoms with van der Waals surface area (Å²) in [6, 6.07) is 0. The molecule has 0 aromatic heterocycles. The second kappa shape index (κ2) is 7.99. The van der Waals surface area contributed by atoms with E-state index in [1.165, 1.54) is 0 Å². The van der Waals surface area contributed by atoms with Gasteiger partial charge in [-0.2, -0.15) is 0 Å². The predicted octanol–water partition coefficient (Wildman–Crippen LogP) is 0.533. The summed E-state index contributed by atoms with van der Waals surface area (Å²) < 4.78 is 4.95. The van der Waals surface area contributed by atoms with Crippen molar-refractivity contribution < 1.29 is 14.3 Å². The molecule has 110 valence electrons. The number of likely N-dealkylation sites (tertiary alicyclic amines) is 1. The molecule has 0 aliphatic carbocycles. The lowest BCUT2D eigenvalue weighted by Crippen LogP contribution is -2.44. The molecule has 1 aliphatic heterocycles. The lowest BCUT2D eigenvalue weighted by molar-refractivity contribution is -0.126. The molecule has 1 saturated heterocycles. The number of carbonyl (C=O) groups is 2. The van der Waals surface area contributed by atoms with Crippen molar-refractivity contribution in [3.8, 4) is 0 Å². The third kappa shape index (κ3) is 5.46. The Kier molecular flexibility index (Phi) is 6.62. The fourth-order valence-corrected chi connectivity index (χ4v) is 2.09. The van der Waals surface area contributed by atoms with Crippen LogP contribution in [0.4, 0.5) is 4.79 Å². The molecule has 6 nitrogen and oxygen atoms in total. The van der Waals surface area contributed by atoms with Crippen LogP contribution in [0, 0.1) is 5.92 Å². The molecule has 0 aromatic carbocycles. The summed E-state index contributed by atoms with van der Waals surface area (Å²) in [4.78, 5) is 27.1. The molecule has 0 spiro atoms. The van der Waals surface area contributed by atoms with E-state index in [0.717, 1.165) is 6.54 Å². The van der Waals surface area contributed by atoms with Crippen LogP contribution >= 0.6 is 0 Å². The van der Waals surface area contributed by atoms with Crippen LogP contribution in [0.15, 0.2) is 0 Å². The molecular formula is C13H25N3O3. The molecule has 1 aliphatic rings. The number of amides is 2. The third-order valence-corrected chi connectivity index (χ3v) is 3.25. The summed E-state index contributed by atoms with van der Waals surface area (Å²) in [5.41, 5.74) is 0. The van der Waals surface area contributed by atoms with Crippen molar-refractivity contribution >= 4 is 12.0 Å². The Morgan fingerprint density at radius 3 is 2.47 bits per heavy atom. The Morgan fingerprint density at radius 1 is 1.32 bits per heavy atom. The lowest BCUT2D eigenvalue weighted by Gasteiger charge is -2.30. The first-order valence-corrected chi connectivity index (χ1v) is 6.88. The second-order valence-electron chi connectivity index (χ2n) is 5.05. The van der Waals surface area contributed by atoms with Crippen LogP contribution in [0.1, 0.15) is 19.8 Å². The van der Waals surface area contributed by atoms with Crippen LogP contribution in [-0.2, 0) is 9.53 Å². The summed E-state index contributed by atoms with van der Waals surface area (Å²) in [6.07, 6.45) is 1.16. The van der Waals surface area contributed by atoms with Gasteiger partial charge in [0.15, 0.2) is 0 Å². The van der Waals surface area contributed by atoms with E-state index in [1.807, 2.05) is 19.0 Å². The Morgan fingerprint density at radius 2 is 1.95 bits per heavy atom. The SMILES string of the molecule is CCOC(=O)N1CCC(C(=O)NCCN(C)C)CC1. The fourth-order valence-electron chi connectivity index (χ4n) is 2.09. The molecule has 1 fully saturated rings. The van der Waals surface area contributed by atoms with E-state index in [1.54, 1.807) is 11.8 Å². The van der Waals surface area contributed by atoms with Gasteiger partial charge in [-0.25, -0.2) is 4.79 Å². The van der Waals surface area contributed by atoms with E-state index in [2.05, 4.69) is 5.32 Å². The van der Waals surface area contributed by atoms with Crippen LogP contribution in [-0.4, -0.2) is 68.7 Å². The molecule has 1 heterocycles. The highest BCUT2D eigenvalue weighted by molar-refractivity contribution is 5.79. The van der Waals surface area contributed by atoms with E-state index >= 15 is 0 Å². The Balaban J connectivity index is 2.25. The minimum atomic E-state index is -0.269. The van der Waals surface area contributed by atoms with Gasteiger partial charge in [-0.3, -0.25) is 4.79 Å². The number of hydrogen-bond acceptors (Lipinski definition) is 4. The second-order valence-corrected chi connectivity index (χ2v) is 5.05. The van der Waals surface area contributed by atoms with Crippen molar-refractivity contribution in [3.63, 3.8) is 0 Å². The maximum atomic E-state index is 11.9. The van der Waals surface area contributed by atoms with Gasteiger partial charge in [0, 0.05) is 32.1 Å². The zero-order chi connectivity index (χ0) is 14.3. The lowest BCUT2D eigenvalue weighted by atomic mass is 9.96. The van der Waals surface area contributed by atoms with Gasteiger partial charge in [-0.15, -0.1) is 0 Å². The molecule has 2 amide bonds. The van der Waals surface area contributed by atoms with Gasteiger partial charge < -0.3 is 19.9 Å². The molecule has 1 rings (SSSR count). The Labute approximate surface area is 115 Å². The van der Waals surface area contributed by atoms with Crippen LogP contribution < -0.4 is 5.32 Å². The van der Waals surface area contributed by atoms with Gasteiger partial charge in [-0.05, 0) is 33.9 Å². The standard InChI is InChI=1S/C13H25N3O3/c1-4-19-13(18)16-8-5-11(6-9-16)12(17)14-7-10-15(2)3/h11H,4-10H2,1-3H3,(H,14,17). The van der Waals surface area contributed by atoms with E-state index in [0.29, 0.717) is 39.1 Å².